The zero-order chi connectivity index (χ0) is 14.4. The lowest BCUT2D eigenvalue weighted by Crippen LogP contribution is -2.25. The van der Waals surface area contributed by atoms with Gasteiger partial charge in [0.2, 0.25) is 0 Å². The summed E-state index contributed by atoms with van der Waals surface area (Å²) in [6.45, 7) is 3.17. The first kappa shape index (κ1) is 14.6. The molecule has 0 bridgehead atoms. The second kappa shape index (κ2) is 7.11. The van der Waals surface area contributed by atoms with Crippen LogP contribution in [-0.4, -0.2) is 20.6 Å². The van der Waals surface area contributed by atoms with Gasteiger partial charge in [-0.25, -0.2) is 0 Å². The van der Waals surface area contributed by atoms with Crippen molar-refractivity contribution in [2.24, 2.45) is 0 Å². The van der Waals surface area contributed by atoms with Crippen molar-refractivity contribution in [3.63, 3.8) is 0 Å². The summed E-state index contributed by atoms with van der Waals surface area (Å²) in [6, 6.07) is 19.7. The molecule has 2 aromatic carbocycles. The second-order valence-electron chi connectivity index (χ2n) is 5.30. The molecule has 0 aliphatic carbocycles. The van der Waals surface area contributed by atoms with E-state index in [1.165, 1.54) is 16.8 Å². The maximum Gasteiger partial charge on any atom is 0.0366 e. The first-order valence-electron chi connectivity index (χ1n) is 7.20. The summed E-state index contributed by atoms with van der Waals surface area (Å²) in [5.41, 5.74) is 3.95. The van der Waals surface area contributed by atoms with E-state index >= 15 is 0 Å². The van der Waals surface area contributed by atoms with Crippen molar-refractivity contribution in [3.8, 4) is 0 Å². The molecule has 0 aromatic heterocycles. The van der Waals surface area contributed by atoms with E-state index in [9.17, 15) is 0 Å². The van der Waals surface area contributed by atoms with Crippen molar-refractivity contribution in [2.45, 2.75) is 19.4 Å². The lowest BCUT2D eigenvalue weighted by molar-refractivity contribution is 0.549. The molecule has 106 valence electrons. The van der Waals surface area contributed by atoms with Crippen molar-refractivity contribution in [3.05, 3.63) is 65.7 Å². The third-order valence-corrected chi connectivity index (χ3v) is 3.75. The smallest absolute Gasteiger partial charge is 0.0366 e. The topological polar surface area (TPSA) is 15.3 Å². The second-order valence-corrected chi connectivity index (χ2v) is 5.30. The van der Waals surface area contributed by atoms with Crippen LogP contribution in [-0.2, 0) is 0 Å². The fourth-order valence-electron chi connectivity index (χ4n) is 2.48. The predicted molar refractivity (Wildman–Crippen MR) is 87.3 cm³/mol. The van der Waals surface area contributed by atoms with E-state index in [4.69, 9.17) is 0 Å². The summed E-state index contributed by atoms with van der Waals surface area (Å²) in [7, 11) is 4.19. The summed E-state index contributed by atoms with van der Waals surface area (Å²) in [5, 5.41) is 3.41. The number of nitrogens with one attached hydrogen (secondary N) is 1. The monoisotopic (exact) mass is 268 g/mol. The van der Waals surface area contributed by atoms with Gasteiger partial charge < -0.3 is 10.2 Å². The highest BCUT2D eigenvalue weighted by Crippen LogP contribution is 2.19. The highest BCUT2D eigenvalue weighted by molar-refractivity contribution is 5.47. The molecule has 0 spiro atoms. The van der Waals surface area contributed by atoms with Crippen LogP contribution in [0, 0.1) is 6.92 Å². The van der Waals surface area contributed by atoms with Crippen molar-refractivity contribution in [1.82, 2.24) is 5.32 Å². The number of hydrogen-bond donors (Lipinski definition) is 1. The highest BCUT2D eigenvalue weighted by atomic mass is 15.1. The zero-order valence-electron chi connectivity index (χ0n) is 12.6. The van der Waals surface area contributed by atoms with Gasteiger partial charge in [-0.2, -0.15) is 0 Å². The van der Waals surface area contributed by atoms with E-state index < -0.39 is 0 Å². The van der Waals surface area contributed by atoms with Gasteiger partial charge in [0.05, 0.1) is 0 Å². The van der Waals surface area contributed by atoms with Gasteiger partial charge >= 0.3 is 0 Å². The zero-order valence-corrected chi connectivity index (χ0v) is 12.6. The van der Waals surface area contributed by atoms with Gasteiger partial charge in [-0.05, 0) is 43.7 Å². The highest BCUT2D eigenvalue weighted by Gasteiger charge is 2.10. The quantitative estimate of drug-likeness (QED) is 0.857. The fraction of sp³-hybridized carbons (Fsp3) is 0.333. The van der Waals surface area contributed by atoms with Crippen LogP contribution in [0.3, 0.4) is 0 Å². The SMILES string of the molecule is CNC(CCN(C)c1cccc(C)c1)c1ccccc1. The minimum absolute atomic E-state index is 0.406. The molecule has 0 radical (unpaired) electrons. The standard InChI is InChI=1S/C18H24N2/c1-15-8-7-11-17(14-15)20(3)13-12-18(19-2)16-9-5-4-6-10-16/h4-11,14,18-19H,12-13H2,1-3H3. The van der Waals surface area contributed by atoms with E-state index in [-0.39, 0.29) is 0 Å². The molecule has 1 N–H and O–H groups in total. The molecule has 0 fully saturated rings. The summed E-state index contributed by atoms with van der Waals surface area (Å²) >= 11 is 0. The van der Waals surface area contributed by atoms with Crippen LogP contribution >= 0.6 is 0 Å². The number of rotatable bonds is 6. The maximum absolute atomic E-state index is 3.41. The van der Waals surface area contributed by atoms with Gasteiger partial charge in [0, 0.05) is 25.3 Å². The largest absolute Gasteiger partial charge is 0.375 e. The van der Waals surface area contributed by atoms with Crippen LogP contribution in [0.15, 0.2) is 54.6 Å². The third-order valence-electron chi connectivity index (χ3n) is 3.75. The van der Waals surface area contributed by atoms with Crippen molar-refractivity contribution in [1.29, 1.82) is 0 Å². The molecule has 0 aliphatic rings. The number of nitrogens with zero attached hydrogens (tertiary/aromatic N) is 1. The van der Waals surface area contributed by atoms with E-state index in [2.05, 4.69) is 78.8 Å². The molecule has 20 heavy (non-hydrogen) atoms. The lowest BCUT2D eigenvalue weighted by Gasteiger charge is -2.23. The number of benzene rings is 2. The molecule has 0 saturated carbocycles. The Hall–Kier alpha value is -1.80. The maximum atomic E-state index is 3.41. The molecule has 0 heterocycles. The Balaban J connectivity index is 1.96. The molecule has 0 saturated heterocycles. The van der Waals surface area contributed by atoms with Gasteiger partial charge in [0.15, 0.2) is 0 Å². The molecular weight excluding hydrogens is 244 g/mol. The molecule has 1 atom stereocenters. The van der Waals surface area contributed by atoms with Gasteiger partial charge in [0.25, 0.3) is 0 Å². The average molecular weight is 268 g/mol. The molecule has 1 unspecified atom stereocenters. The minimum Gasteiger partial charge on any atom is -0.375 e. The number of hydrogen-bond acceptors (Lipinski definition) is 2. The lowest BCUT2D eigenvalue weighted by atomic mass is 10.0. The van der Waals surface area contributed by atoms with Crippen LogP contribution in [0.2, 0.25) is 0 Å². The molecule has 0 amide bonds. The molecule has 2 rings (SSSR count). The Kier molecular flexibility index (Phi) is 5.19. The summed E-state index contributed by atoms with van der Waals surface area (Å²) in [4.78, 5) is 2.32. The van der Waals surface area contributed by atoms with Gasteiger partial charge in [-0.1, -0.05) is 42.5 Å². The van der Waals surface area contributed by atoms with Crippen LogP contribution in [0.25, 0.3) is 0 Å². The van der Waals surface area contributed by atoms with E-state index in [1.54, 1.807) is 0 Å². The van der Waals surface area contributed by atoms with Crippen molar-refractivity contribution in [2.75, 3.05) is 25.5 Å². The Morgan fingerprint density at radius 1 is 1.05 bits per heavy atom. The Bertz CT molecular complexity index is 522. The van der Waals surface area contributed by atoms with Crippen molar-refractivity contribution < 1.29 is 0 Å². The number of aryl methyl sites for hydroxylation is 1. The normalized spacial score (nSPS) is 12.2. The summed E-state index contributed by atoms with van der Waals surface area (Å²) in [6.07, 6.45) is 1.09. The molecule has 2 heteroatoms. The van der Waals surface area contributed by atoms with Crippen LogP contribution in [0.4, 0.5) is 5.69 Å². The molecular formula is C18H24N2. The minimum atomic E-state index is 0.406. The molecule has 2 nitrogen and oxygen atoms in total. The molecule has 2 aromatic rings. The van der Waals surface area contributed by atoms with Gasteiger partial charge in [-0.15, -0.1) is 0 Å². The van der Waals surface area contributed by atoms with Crippen LogP contribution in [0.1, 0.15) is 23.6 Å². The Morgan fingerprint density at radius 3 is 2.45 bits per heavy atom. The first-order chi connectivity index (χ1) is 9.70. The van der Waals surface area contributed by atoms with Crippen LogP contribution in [0.5, 0.6) is 0 Å². The van der Waals surface area contributed by atoms with Crippen molar-refractivity contribution >= 4 is 5.69 Å². The first-order valence-corrected chi connectivity index (χ1v) is 7.20. The van der Waals surface area contributed by atoms with E-state index in [0.717, 1.165) is 13.0 Å². The molecule has 0 aliphatic heterocycles. The average Bonchev–Trinajstić information content (AvgIpc) is 2.49. The third kappa shape index (κ3) is 3.84. The van der Waals surface area contributed by atoms with E-state index in [0.29, 0.717) is 6.04 Å². The van der Waals surface area contributed by atoms with E-state index in [1.807, 2.05) is 7.05 Å². The van der Waals surface area contributed by atoms with Gasteiger partial charge in [0.1, 0.15) is 0 Å². The summed E-state index contributed by atoms with van der Waals surface area (Å²) < 4.78 is 0. The Labute approximate surface area is 122 Å². The van der Waals surface area contributed by atoms with Crippen LogP contribution < -0.4 is 10.2 Å². The summed E-state index contributed by atoms with van der Waals surface area (Å²) in [5.74, 6) is 0. The van der Waals surface area contributed by atoms with Gasteiger partial charge in [-0.3, -0.25) is 0 Å². The fourth-order valence-corrected chi connectivity index (χ4v) is 2.48. The Morgan fingerprint density at radius 2 is 1.80 bits per heavy atom. The predicted octanol–water partition coefficient (Wildman–Crippen LogP) is 3.78. The number of anilines is 1.